The van der Waals surface area contributed by atoms with Crippen molar-refractivity contribution < 1.29 is 14.3 Å². The Labute approximate surface area is 98.3 Å². The summed E-state index contributed by atoms with van der Waals surface area (Å²) in [4.78, 5) is 15.7. The number of aromatic nitrogens is 1. The van der Waals surface area contributed by atoms with Crippen LogP contribution in [0.5, 0.6) is 0 Å². The van der Waals surface area contributed by atoms with Gasteiger partial charge < -0.3 is 9.52 Å². The van der Waals surface area contributed by atoms with Gasteiger partial charge in [-0.25, -0.2) is 4.98 Å². The van der Waals surface area contributed by atoms with Crippen molar-refractivity contribution in [1.82, 2.24) is 4.98 Å². The molecule has 4 heteroatoms. The zero-order valence-corrected chi connectivity index (χ0v) is 9.56. The zero-order valence-electron chi connectivity index (χ0n) is 9.56. The second kappa shape index (κ2) is 3.32. The van der Waals surface area contributed by atoms with Crippen LogP contribution in [0.25, 0.3) is 11.1 Å². The first-order valence-electron chi connectivity index (χ1n) is 5.73. The lowest BCUT2D eigenvalue weighted by Gasteiger charge is -2.34. The summed E-state index contributed by atoms with van der Waals surface area (Å²) in [5, 5.41) is 9.33. The number of rotatable bonds is 2. The molecule has 1 saturated carbocycles. The van der Waals surface area contributed by atoms with E-state index in [9.17, 15) is 9.90 Å². The van der Waals surface area contributed by atoms with Crippen molar-refractivity contribution in [2.24, 2.45) is 0 Å². The Morgan fingerprint density at radius 1 is 1.47 bits per heavy atom. The minimum absolute atomic E-state index is 0.362. The Kier molecular flexibility index (Phi) is 2.02. The van der Waals surface area contributed by atoms with Crippen LogP contribution in [0.3, 0.4) is 0 Å². The van der Waals surface area contributed by atoms with Crippen LogP contribution in [-0.2, 0) is 10.2 Å². The number of para-hydroxylation sites is 1. The third kappa shape index (κ3) is 1.30. The van der Waals surface area contributed by atoms with Crippen LogP contribution in [0.15, 0.2) is 22.6 Å². The van der Waals surface area contributed by atoms with Crippen LogP contribution >= 0.6 is 0 Å². The van der Waals surface area contributed by atoms with Gasteiger partial charge in [-0.05, 0) is 31.4 Å². The van der Waals surface area contributed by atoms with Crippen molar-refractivity contribution in [1.29, 1.82) is 0 Å². The molecule has 17 heavy (non-hydrogen) atoms. The number of benzene rings is 1. The second-order valence-electron chi connectivity index (χ2n) is 4.68. The Balaban J connectivity index is 2.18. The number of nitrogens with zero attached hydrogens (tertiary/aromatic N) is 1. The average Bonchev–Trinajstić information content (AvgIpc) is 2.60. The van der Waals surface area contributed by atoms with Gasteiger partial charge in [0.15, 0.2) is 5.58 Å². The number of carbonyl (C=O) groups is 1. The minimum Gasteiger partial charge on any atom is -0.480 e. The molecule has 1 aromatic carbocycles. The maximum atomic E-state index is 11.4. The van der Waals surface area contributed by atoms with Crippen molar-refractivity contribution in [3.05, 3.63) is 29.7 Å². The first-order chi connectivity index (χ1) is 8.13. The van der Waals surface area contributed by atoms with Gasteiger partial charge in [-0.3, -0.25) is 4.79 Å². The highest BCUT2D eigenvalue weighted by atomic mass is 16.4. The van der Waals surface area contributed by atoms with E-state index in [0.717, 1.165) is 17.5 Å². The summed E-state index contributed by atoms with van der Waals surface area (Å²) in [6.45, 7) is 1.94. The lowest BCUT2D eigenvalue weighted by Crippen LogP contribution is -2.42. The van der Waals surface area contributed by atoms with E-state index in [4.69, 9.17) is 4.42 Å². The number of oxazole rings is 1. The molecule has 1 aliphatic carbocycles. The Bertz CT molecular complexity index is 596. The van der Waals surface area contributed by atoms with Gasteiger partial charge in [0.2, 0.25) is 5.89 Å². The first kappa shape index (κ1) is 10.3. The van der Waals surface area contributed by atoms with Crippen LogP contribution in [0.2, 0.25) is 0 Å². The standard InChI is InChI=1S/C13H13NO3/c1-8-4-2-5-9-10(8)17-11(14-9)13(12(15)16)6-3-7-13/h2,4-5H,3,6-7H2,1H3,(H,15,16). The fraction of sp³-hybridized carbons (Fsp3) is 0.385. The number of carboxylic acids is 1. The zero-order chi connectivity index (χ0) is 12.0. The maximum absolute atomic E-state index is 11.4. The van der Waals surface area contributed by atoms with Crippen molar-refractivity contribution in [3.63, 3.8) is 0 Å². The van der Waals surface area contributed by atoms with Crippen molar-refractivity contribution in [2.75, 3.05) is 0 Å². The van der Waals surface area contributed by atoms with Gasteiger partial charge in [0.25, 0.3) is 0 Å². The molecule has 0 aliphatic heterocycles. The molecule has 4 nitrogen and oxygen atoms in total. The van der Waals surface area contributed by atoms with Gasteiger partial charge in [0.05, 0.1) is 0 Å². The molecule has 1 aromatic heterocycles. The highest BCUT2D eigenvalue weighted by Gasteiger charge is 2.50. The maximum Gasteiger partial charge on any atom is 0.319 e. The van der Waals surface area contributed by atoms with Gasteiger partial charge in [-0.15, -0.1) is 0 Å². The quantitative estimate of drug-likeness (QED) is 0.862. The smallest absolute Gasteiger partial charge is 0.319 e. The number of aliphatic carboxylic acids is 1. The summed E-state index contributed by atoms with van der Waals surface area (Å²) in [5.74, 6) is -0.464. The van der Waals surface area contributed by atoms with E-state index in [2.05, 4.69) is 4.98 Å². The molecule has 3 rings (SSSR count). The summed E-state index contributed by atoms with van der Waals surface area (Å²) >= 11 is 0. The van der Waals surface area contributed by atoms with E-state index >= 15 is 0 Å². The molecule has 0 amide bonds. The Morgan fingerprint density at radius 2 is 2.24 bits per heavy atom. The second-order valence-corrected chi connectivity index (χ2v) is 4.68. The monoisotopic (exact) mass is 231 g/mol. The lowest BCUT2D eigenvalue weighted by atomic mass is 9.68. The van der Waals surface area contributed by atoms with E-state index in [0.29, 0.717) is 24.3 Å². The average molecular weight is 231 g/mol. The van der Waals surface area contributed by atoms with E-state index in [1.54, 1.807) is 0 Å². The Hall–Kier alpha value is -1.84. The number of hydrogen-bond acceptors (Lipinski definition) is 3. The fourth-order valence-electron chi connectivity index (χ4n) is 2.34. The topological polar surface area (TPSA) is 63.3 Å². The molecular formula is C13H13NO3. The van der Waals surface area contributed by atoms with Crippen molar-refractivity contribution >= 4 is 17.1 Å². The van der Waals surface area contributed by atoms with Gasteiger partial charge in [-0.2, -0.15) is 0 Å². The normalized spacial score (nSPS) is 17.9. The predicted octanol–water partition coefficient (Wildman–Crippen LogP) is 2.64. The Morgan fingerprint density at radius 3 is 2.76 bits per heavy atom. The molecule has 1 heterocycles. The largest absolute Gasteiger partial charge is 0.480 e. The number of fused-ring (bicyclic) bond motifs is 1. The summed E-state index contributed by atoms with van der Waals surface area (Å²) in [7, 11) is 0. The van der Waals surface area contributed by atoms with Crippen molar-refractivity contribution in [3.8, 4) is 0 Å². The number of aryl methyl sites for hydroxylation is 1. The highest BCUT2D eigenvalue weighted by Crippen LogP contribution is 2.44. The van der Waals surface area contributed by atoms with Crippen molar-refractivity contribution in [2.45, 2.75) is 31.6 Å². The molecule has 0 unspecified atom stereocenters. The fourth-order valence-corrected chi connectivity index (χ4v) is 2.34. The molecular weight excluding hydrogens is 218 g/mol. The molecule has 1 N–H and O–H groups in total. The lowest BCUT2D eigenvalue weighted by molar-refractivity contribution is -0.148. The van der Waals surface area contributed by atoms with E-state index in [1.165, 1.54) is 0 Å². The van der Waals surface area contributed by atoms with Gasteiger partial charge in [0, 0.05) is 0 Å². The molecule has 2 aromatic rings. The van der Waals surface area contributed by atoms with Crippen LogP contribution in [0, 0.1) is 6.92 Å². The highest BCUT2D eigenvalue weighted by molar-refractivity contribution is 5.83. The number of carboxylic acid groups (broad SMARTS) is 1. The van der Waals surface area contributed by atoms with Crippen LogP contribution < -0.4 is 0 Å². The molecule has 0 saturated heterocycles. The predicted molar refractivity (Wildman–Crippen MR) is 61.9 cm³/mol. The first-order valence-corrected chi connectivity index (χ1v) is 5.73. The van der Waals surface area contributed by atoms with E-state index in [1.807, 2.05) is 25.1 Å². The van der Waals surface area contributed by atoms with Crippen LogP contribution in [0.1, 0.15) is 30.7 Å². The molecule has 0 spiro atoms. The molecule has 0 atom stereocenters. The molecule has 88 valence electrons. The van der Waals surface area contributed by atoms with Crippen LogP contribution in [-0.4, -0.2) is 16.1 Å². The summed E-state index contributed by atoms with van der Waals surface area (Å²) in [6, 6.07) is 5.69. The molecule has 1 fully saturated rings. The summed E-state index contributed by atoms with van der Waals surface area (Å²) < 4.78 is 5.68. The van der Waals surface area contributed by atoms with Gasteiger partial charge >= 0.3 is 5.97 Å². The van der Waals surface area contributed by atoms with Crippen LogP contribution in [0.4, 0.5) is 0 Å². The minimum atomic E-state index is -0.883. The van der Waals surface area contributed by atoms with E-state index in [-0.39, 0.29) is 0 Å². The molecule has 0 bridgehead atoms. The van der Waals surface area contributed by atoms with E-state index < -0.39 is 11.4 Å². The molecule has 1 aliphatic rings. The van der Waals surface area contributed by atoms with Gasteiger partial charge in [0.1, 0.15) is 10.9 Å². The number of hydrogen-bond donors (Lipinski definition) is 1. The summed E-state index contributed by atoms with van der Waals surface area (Å²) in [6.07, 6.45) is 2.16. The van der Waals surface area contributed by atoms with Gasteiger partial charge in [-0.1, -0.05) is 18.6 Å². The summed E-state index contributed by atoms with van der Waals surface area (Å²) in [5.41, 5.74) is 1.55. The SMILES string of the molecule is Cc1cccc2nc(C3(C(=O)O)CCC3)oc12. The third-order valence-electron chi connectivity index (χ3n) is 3.64. The molecule has 0 radical (unpaired) electrons. The third-order valence-corrected chi connectivity index (χ3v) is 3.64.